The molecule has 9 rings (SSSR count). The van der Waals surface area contributed by atoms with Crippen molar-refractivity contribution in [1.29, 1.82) is 0 Å². The third-order valence-corrected chi connectivity index (χ3v) is 10.2. The van der Waals surface area contributed by atoms with Gasteiger partial charge in [-0.1, -0.05) is 176 Å². The molecule has 8 aromatic rings. The van der Waals surface area contributed by atoms with Crippen molar-refractivity contribution in [2.45, 2.75) is 9.79 Å². The summed E-state index contributed by atoms with van der Waals surface area (Å²) >= 11 is 1.84. The molecule has 0 unspecified atom stereocenters. The van der Waals surface area contributed by atoms with Crippen LogP contribution in [-0.4, -0.2) is 15.0 Å². The fourth-order valence-corrected chi connectivity index (χ4v) is 7.77. The van der Waals surface area contributed by atoms with Crippen molar-refractivity contribution in [3.05, 3.63) is 175 Å². The van der Waals surface area contributed by atoms with Gasteiger partial charge in [0.1, 0.15) is 0 Å². The van der Waals surface area contributed by atoms with E-state index in [1.54, 1.807) is 0 Å². The van der Waals surface area contributed by atoms with E-state index in [-0.39, 0.29) is 0 Å². The normalized spacial score (nSPS) is 11.9. The van der Waals surface area contributed by atoms with Crippen LogP contribution in [0.2, 0.25) is 0 Å². The quantitative estimate of drug-likeness (QED) is 0.192. The first kappa shape index (κ1) is 29.1. The highest BCUT2D eigenvalue weighted by atomic mass is 32.2. The Morgan fingerprint density at radius 2 is 0.939 bits per heavy atom. The fourth-order valence-electron chi connectivity index (χ4n) is 6.53. The monoisotopic (exact) mass is 643 g/mol. The SMILES string of the molecule is C1=Cc2ccc(-c3nc(-c4ccccc4)nc(-c4ccccc4)n3)cc2-c2ccc3ccccc3c2Sc2ccccc2-c2ccccc21. The summed E-state index contributed by atoms with van der Waals surface area (Å²) in [7, 11) is 0. The molecule has 0 amide bonds. The standard InChI is InChI=1S/C45H29N3S/c1-3-15-33(16-4-1)43-46-44(34-17-5-2-6-18-34)48-45(47-43)35-26-25-32-24-23-30-13-7-9-19-36(30)38-21-11-12-22-41(38)49-42-37-20-10-8-14-31(37)27-28-39(42)40(32)29-35/h1-29H. The molecule has 0 saturated carbocycles. The molecule has 1 aromatic heterocycles. The van der Waals surface area contributed by atoms with Crippen molar-refractivity contribution < 1.29 is 0 Å². The van der Waals surface area contributed by atoms with E-state index in [0.717, 1.165) is 27.8 Å². The van der Waals surface area contributed by atoms with Gasteiger partial charge in [0.2, 0.25) is 0 Å². The van der Waals surface area contributed by atoms with Crippen LogP contribution in [0.3, 0.4) is 0 Å². The van der Waals surface area contributed by atoms with Gasteiger partial charge in [-0.15, -0.1) is 0 Å². The van der Waals surface area contributed by atoms with E-state index < -0.39 is 0 Å². The summed E-state index contributed by atoms with van der Waals surface area (Å²) < 4.78 is 0. The van der Waals surface area contributed by atoms with Gasteiger partial charge in [-0.25, -0.2) is 15.0 Å². The molecule has 1 aliphatic rings. The van der Waals surface area contributed by atoms with Gasteiger partial charge < -0.3 is 0 Å². The van der Waals surface area contributed by atoms with E-state index >= 15 is 0 Å². The Hall–Kier alpha value is -6.10. The van der Waals surface area contributed by atoms with Gasteiger partial charge in [0, 0.05) is 26.5 Å². The number of hydrogen-bond donors (Lipinski definition) is 0. The second-order valence-corrected chi connectivity index (χ2v) is 13.1. The van der Waals surface area contributed by atoms with Crippen LogP contribution in [0.15, 0.2) is 174 Å². The van der Waals surface area contributed by atoms with Crippen molar-refractivity contribution in [1.82, 2.24) is 15.0 Å². The summed E-state index contributed by atoms with van der Waals surface area (Å²) in [6.45, 7) is 0. The summed E-state index contributed by atoms with van der Waals surface area (Å²) in [5.41, 5.74) is 9.89. The zero-order valence-electron chi connectivity index (χ0n) is 26.5. The Bertz CT molecular complexity index is 2470. The zero-order chi connectivity index (χ0) is 32.6. The van der Waals surface area contributed by atoms with E-state index in [0.29, 0.717) is 17.5 Å². The van der Waals surface area contributed by atoms with Gasteiger partial charge in [0.05, 0.1) is 0 Å². The summed E-state index contributed by atoms with van der Waals surface area (Å²) in [5, 5.41) is 2.44. The second kappa shape index (κ2) is 12.5. The Balaban J connectivity index is 1.30. The largest absolute Gasteiger partial charge is 0.208 e. The molecule has 0 aliphatic carbocycles. The molecule has 7 aromatic carbocycles. The average Bonchev–Trinajstić information content (AvgIpc) is 3.20. The number of hydrogen-bond acceptors (Lipinski definition) is 4. The molecule has 1 aliphatic heterocycles. The average molecular weight is 644 g/mol. The molecule has 0 spiro atoms. The molecule has 0 bridgehead atoms. The van der Waals surface area contributed by atoms with Gasteiger partial charge in [0.25, 0.3) is 0 Å². The minimum atomic E-state index is 0.638. The lowest BCUT2D eigenvalue weighted by Gasteiger charge is -2.17. The molecule has 230 valence electrons. The number of rotatable bonds is 3. The van der Waals surface area contributed by atoms with Crippen LogP contribution in [0.25, 0.3) is 79.3 Å². The summed E-state index contributed by atoms with van der Waals surface area (Å²) in [5.74, 6) is 1.94. The summed E-state index contributed by atoms with van der Waals surface area (Å²) in [6.07, 6.45) is 4.49. The Kier molecular flexibility index (Phi) is 7.41. The van der Waals surface area contributed by atoms with Crippen molar-refractivity contribution in [2.24, 2.45) is 0 Å². The van der Waals surface area contributed by atoms with E-state index in [1.165, 1.54) is 42.8 Å². The lowest BCUT2D eigenvalue weighted by Crippen LogP contribution is -2.00. The first-order valence-electron chi connectivity index (χ1n) is 16.4. The molecular weight excluding hydrogens is 615 g/mol. The molecule has 0 atom stereocenters. The topological polar surface area (TPSA) is 38.7 Å². The lowest BCUT2D eigenvalue weighted by molar-refractivity contribution is 1.07. The van der Waals surface area contributed by atoms with Crippen LogP contribution in [0, 0.1) is 0 Å². The van der Waals surface area contributed by atoms with Crippen LogP contribution in [-0.2, 0) is 0 Å². The molecule has 0 fully saturated rings. The lowest BCUT2D eigenvalue weighted by atomic mass is 9.93. The molecule has 0 saturated heterocycles. The van der Waals surface area contributed by atoms with Gasteiger partial charge in [-0.05, 0) is 56.3 Å². The van der Waals surface area contributed by atoms with Crippen LogP contribution in [0.4, 0.5) is 0 Å². The molecule has 2 heterocycles. The highest BCUT2D eigenvalue weighted by molar-refractivity contribution is 7.99. The first-order valence-corrected chi connectivity index (χ1v) is 17.2. The minimum Gasteiger partial charge on any atom is -0.208 e. The maximum atomic E-state index is 5.06. The summed E-state index contributed by atoms with van der Waals surface area (Å²) in [4.78, 5) is 17.5. The van der Waals surface area contributed by atoms with Gasteiger partial charge >= 0.3 is 0 Å². The van der Waals surface area contributed by atoms with Crippen molar-refractivity contribution >= 4 is 34.7 Å². The Morgan fingerprint density at radius 3 is 1.67 bits per heavy atom. The van der Waals surface area contributed by atoms with Crippen LogP contribution in [0.5, 0.6) is 0 Å². The highest BCUT2D eigenvalue weighted by Gasteiger charge is 2.20. The zero-order valence-corrected chi connectivity index (χ0v) is 27.3. The van der Waals surface area contributed by atoms with Gasteiger partial charge in [-0.3, -0.25) is 0 Å². The van der Waals surface area contributed by atoms with E-state index in [4.69, 9.17) is 15.0 Å². The molecule has 49 heavy (non-hydrogen) atoms. The van der Waals surface area contributed by atoms with Crippen LogP contribution >= 0.6 is 11.8 Å². The molecule has 3 nitrogen and oxygen atoms in total. The van der Waals surface area contributed by atoms with Gasteiger partial charge in [-0.2, -0.15) is 0 Å². The Morgan fingerprint density at radius 1 is 0.367 bits per heavy atom. The number of fused-ring (bicyclic) bond motifs is 8. The maximum Gasteiger partial charge on any atom is 0.164 e. The molecule has 4 heteroatoms. The Labute approximate surface area is 289 Å². The van der Waals surface area contributed by atoms with Crippen molar-refractivity contribution in [3.8, 4) is 56.4 Å². The molecular formula is C45H29N3S. The number of nitrogens with zero attached hydrogens (tertiary/aromatic N) is 3. The van der Waals surface area contributed by atoms with E-state index in [1.807, 2.05) is 72.4 Å². The third kappa shape index (κ3) is 5.52. The summed E-state index contributed by atoms with van der Waals surface area (Å²) in [6, 6.07) is 57.4. The molecule has 0 radical (unpaired) electrons. The fraction of sp³-hybridized carbons (Fsp3) is 0. The van der Waals surface area contributed by atoms with E-state index in [9.17, 15) is 0 Å². The van der Waals surface area contributed by atoms with Crippen molar-refractivity contribution in [2.75, 3.05) is 0 Å². The van der Waals surface area contributed by atoms with Gasteiger partial charge in [0.15, 0.2) is 17.5 Å². The highest BCUT2D eigenvalue weighted by Crippen LogP contribution is 2.46. The number of aromatic nitrogens is 3. The smallest absolute Gasteiger partial charge is 0.164 e. The maximum absolute atomic E-state index is 5.06. The van der Waals surface area contributed by atoms with E-state index in [2.05, 4.69) is 115 Å². The van der Waals surface area contributed by atoms with Crippen molar-refractivity contribution in [3.63, 3.8) is 0 Å². The predicted octanol–water partition coefficient (Wildman–Crippen LogP) is 12.0. The predicted molar refractivity (Wildman–Crippen MR) is 204 cm³/mol. The first-order chi connectivity index (χ1) is 24.3. The van der Waals surface area contributed by atoms with Crippen LogP contribution < -0.4 is 0 Å². The molecule has 0 N–H and O–H groups in total. The third-order valence-electron chi connectivity index (χ3n) is 8.97. The second-order valence-electron chi connectivity index (χ2n) is 12.0. The number of benzene rings is 7. The van der Waals surface area contributed by atoms with Crippen LogP contribution in [0.1, 0.15) is 11.1 Å². The minimum absolute atomic E-state index is 0.638.